The normalized spacial score (nSPS) is 25.5. The largest absolute Gasteiger partial charge is 0.508 e. The number of carbonyl (C=O) groups is 1. The highest BCUT2D eigenvalue weighted by Gasteiger charge is 2.19. The molecule has 0 spiro atoms. The molecule has 3 nitrogen and oxygen atoms in total. The van der Waals surface area contributed by atoms with Crippen molar-refractivity contribution in [1.29, 1.82) is 0 Å². The molecule has 0 saturated heterocycles. The molecule has 94 valence electrons. The van der Waals surface area contributed by atoms with Crippen molar-refractivity contribution in [2.45, 2.75) is 46.5 Å². The van der Waals surface area contributed by atoms with Crippen molar-refractivity contribution in [1.82, 2.24) is 0 Å². The molecule has 0 unspecified atom stereocenters. The summed E-state index contributed by atoms with van der Waals surface area (Å²) in [4.78, 5) is 11.2. The average molecular weight is 228 g/mol. The summed E-state index contributed by atoms with van der Waals surface area (Å²) in [5.41, 5.74) is 0. The van der Waals surface area contributed by atoms with Crippen LogP contribution in [0.4, 0.5) is 4.79 Å². The molecule has 0 amide bonds. The van der Waals surface area contributed by atoms with Gasteiger partial charge in [-0.25, -0.2) is 4.79 Å². The maximum absolute atomic E-state index is 11.2. The molecule has 0 atom stereocenters. The van der Waals surface area contributed by atoms with Gasteiger partial charge in [-0.2, -0.15) is 0 Å². The minimum Gasteiger partial charge on any atom is -0.434 e. The zero-order valence-corrected chi connectivity index (χ0v) is 10.7. The van der Waals surface area contributed by atoms with Gasteiger partial charge in [0.25, 0.3) is 0 Å². The molecule has 0 N–H and O–H groups in total. The number of hydrogen-bond acceptors (Lipinski definition) is 3. The summed E-state index contributed by atoms with van der Waals surface area (Å²) in [5.74, 6) is 1.75. The Kier molecular flexibility index (Phi) is 5.64. The van der Waals surface area contributed by atoms with Crippen LogP contribution in [0.15, 0.2) is 0 Å². The molecule has 0 aromatic heterocycles. The smallest absolute Gasteiger partial charge is 0.434 e. The summed E-state index contributed by atoms with van der Waals surface area (Å²) in [6.45, 7) is 7.28. The van der Waals surface area contributed by atoms with E-state index in [0.717, 1.165) is 5.92 Å². The second kappa shape index (κ2) is 6.77. The van der Waals surface area contributed by atoms with E-state index in [1.165, 1.54) is 25.7 Å². The molecule has 0 aromatic rings. The van der Waals surface area contributed by atoms with Gasteiger partial charge in [0, 0.05) is 0 Å². The standard InChI is InChI=1S/C13H24O3/c1-10(2)8-15-13(14)16-9-12-6-4-11(3)5-7-12/h10-12H,4-9H2,1-3H3/t11-,12-. The highest BCUT2D eigenvalue weighted by atomic mass is 16.7. The van der Waals surface area contributed by atoms with E-state index in [2.05, 4.69) is 6.92 Å². The van der Waals surface area contributed by atoms with E-state index in [9.17, 15) is 4.79 Å². The highest BCUT2D eigenvalue weighted by Crippen LogP contribution is 2.28. The summed E-state index contributed by atoms with van der Waals surface area (Å²) in [5, 5.41) is 0. The van der Waals surface area contributed by atoms with Crippen molar-refractivity contribution in [3.05, 3.63) is 0 Å². The number of ether oxygens (including phenoxy) is 2. The van der Waals surface area contributed by atoms with Crippen LogP contribution in [-0.4, -0.2) is 19.4 Å². The Bertz CT molecular complexity index is 205. The van der Waals surface area contributed by atoms with Gasteiger partial charge >= 0.3 is 6.16 Å². The summed E-state index contributed by atoms with van der Waals surface area (Å²) in [7, 11) is 0. The van der Waals surface area contributed by atoms with Gasteiger partial charge in [-0.05, 0) is 30.6 Å². The van der Waals surface area contributed by atoms with Gasteiger partial charge in [-0.3, -0.25) is 0 Å². The minimum atomic E-state index is -0.507. The van der Waals surface area contributed by atoms with Gasteiger partial charge in [-0.1, -0.05) is 33.6 Å². The van der Waals surface area contributed by atoms with E-state index in [1.807, 2.05) is 13.8 Å². The van der Waals surface area contributed by atoms with Crippen LogP contribution < -0.4 is 0 Å². The van der Waals surface area contributed by atoms with Crippen LogP contribution in [0, 0.1) is 17.8 Å². The first-order valence-electron chi connectivity index (χ1n) is 6.37. The van der Waals surface area contributed by atoms with Crippen molar-refractivity contribution in [2.75, 3.05) is 13.2 Å². The lowest BCUT2D eigenvalue weighted by molar-refractivity contribution is 0.0317. The predicted molar refractivity (Wildman–Crippen MR) is 63.3 cm³/mol. The predicted octanol–water partition coefficient (Wildman–Crippen LogP) is 3.62. The first kappa shape index (κ1) is 13.3. The lowest BCUT2D eigenvalue weighted by atomic mass is 9.83. The topological polar surface area (TPSA) is 35.5 Å². The Hall–Kier alpha value is -0.730. The third kappa shape index (κ3) is 5.38. The van der Waals surface area contributed by atoms with Gasteiger partial charge in [-0.15, -0.1) is 0 Å². The van der Waals surface area contributed by atoms with Crippen LogP contribution in [0.3, 0.4) is 0 Å². The maximum Gasteiger partial charge on any atom is 0.508 e. The molecule has 1 aliphatic carbocycles. The van der Waals surface area contributed by atoms with Gasteiger partial charge in [0.05, 0.1) is 13.2 Å². The van der Waals surface area contributed by atoms with Crippen LogP contribution in [0.5, 0.6) is 0 Å². The fourth-order valence-corrected chi connectivity index (χ4v) is 1.96. The number of carbonyl (C=O) groups excluding carboxylic acids is 1. The van der Waals surface area contributed by atoms with Crippen LogP contribution in [0.25, 0.3) is 0 Å². The van der Waals surface area contributed by atoms with E-state index in [1.54, 1.807) is 0 Å². The minimum absolute atomic E-state index is 0.364. The van der Waals surface area contributed by atoms with Crippen molar-refractivity contribution >= 4 is 6.16 Å². The van der Waals surface area contributed by atoms with Gasteiger partial charge < -0.3 is 9.47 Å². The molecule has 16 heavy (non-hydrogen) atoms. The first-order valence-corrected chi connectivity index (χ1v) is 6.37. The second-order valence-electron chi connectivity index (χ2n) is 5.39. The molecule has 3 heteroatoms. The molecule has 0 heterocycles. The number of hydrogen-bond donors (Lipinski definition) is 0. The zero-order chi connectivity index (χ0) is 12.0. The van der Waals surface area contributed by atoms with Gasteiger partial charge in [0.2, 0.25) is 0 Å². The Labute approximate surface area is 98.5 Å². The molecule has 0 aliphatic heterocycles. The number of rotatable bonds is 4. The second-order valence-corrected chi connectivity index (χ2v) is 5.39. The van der Waals surface area contributed by atoms with Crippen LogP contribution in [0.2, 0.25) is 0 Å². The summed E-state index contributed by atoms with van der Waals surface area (Å²) >= 11 is 0. The Morgan fingerprint density at radius 1 is 1.19 bits per heavy atom. The van der Waals surface area contributed by atoms with E-state index in [0.29, 0.717) is 25.0 Å². The molecule has 1 saturated carbocycles. The fourth-order valence-electron chi connectivity index (χ4n) is 1.96. The van der Waals surface area contributed by atoms with Crippen molar-refractivity contribution in [3.8, 4) is 0 Å². The lowest BCUT2D eigenvalue weighted by Gasteiger charge is -2.25. The molecule has 0 aromatic carbocycles. The SMILES string of the molecule is CC(C)COC(=O)OC[C@H]1CC[C@H](C)CC1. The highest BCUT2D eigenvalue weighted by molar-refractivity contribution is 5.59. The van der Waals surface area contributed by atoms with Crippen LogP contribution in [0.1, 0.15) is 46.5 Å². The van der Waals surface area contributed by atoms with Crippen molar-refractivity contribution < 1.29 is 14.3 Å². The molecule has 0 bridgehead atoms. The summed E-state index contributed by atoms with van der Waals surface area (Å²) in [6, 6.07) is 0. The van der Waals surface area contributed by atoms with E-state index in [-0.39, 0.29) is 0 Å². The molecule has 1 rings (SSSR count). The Morgan fingerprint density at radius 3 is 2.38 bits per heavy atom. The molecule has 0 radical (unpaired) electrons. The first-order chi connectivity index (χ1) is 7.58. The molecule has 1 aliphatic rings. The molecular weight excluding hydrogens is 204 g/mol. The van der Waals surface area contributed by atoms with Crippen molar-refractivity contribution in [2.24, 2.45) is 17.8 Å². The fraction of sp³-hybridized carbons (Fsp3) is 0.923. The monoisotopic (exact) mass is 228 g/mol. The van der Waals surface area contributed by atoms with Crippen LogP contribution in [-0.2, 0) is 9.47 Å². The third-order valence-electron chi connectivity index (χ3n) is 3.11. The maximum atomic E-state index is 11.2. The third-order valence-corrected chi connectivity index (χ3v) is 3.11. The summed E-state index contributed by atoms with van der Waals surface area (Å²) < 4.78 is 10.1. The van der Waals surface area contributed by atoms with Crippen molar-refractivity contribution in [3.63, 3.8) is 0 Å². The van der Waals surface area contributed by atoms with E-state index < -0.39 is 6.16 Å². The zero-order valence-electron chi connectivity index (χ0n) is 10.7. The quantitative estimate of drug-likeness (QED) is 0.689. The molecular formula is C13H24O3. The molecule has 1 fully saturated rings. The lowest BCUT2D eigenvalue weighted by Crippen LogP contribution is -2.20. The van der Waals surface area contributed by atoms with E-state index in [4.69, 9.17) is 9.47 Å². The summed E-state index contributed by atoms with van der Waals surface area (Å²) in [6.07, 6.45) is 4.37. The average Bonchev–Trinajstić information content (AvgIpc) is 2.25. The van der Waals surface area contributed by atoms with Gasteiger partial charge in [0.1, 0.15) is 0 Å². The Balaban J connectivity index is 2.07. The van der Waals surface area contributed by atoms with Crippen LogP contribution >= 0.6 is 0 Å². The Morgan fingerprint density at radius 2 is 1.81 bits per heavy atom. The van der Waals surface area contributed by atoms with E-state index >= 15 is 0 Å². The van der Waals surface area contributed by atoms with Gasteiger partial charge in [0.15, 0.2) is 0 Å².